The van der Waals surface area contributed by atoms with E-state index in [9.17, 15) is 24.5 Å². The number of nitrogens with zero attached hydrogens (tertiary/aromatic N) is 1. The number of aliphatic carboxylic acids is 1. The van der Waals surface area contributed by atoms with Crippen LogP contribution < -0.4 is 16.0 Å². The molecule has 10 heteroatoms. The molecule has 1 aromatic carbocycles. The summed E-state index contributed by atoms with van der Waals surface area (Å²) < 4.78 is 4.96. The second-order valence-electron chi connectivity index (χ2n) is 4.51. The Bertz CT molecular complexity index is 909. The minimum Gasteiger partial charge on any atom is -0.482 e. The summed E-state index contributed by atoms with van der Waals surface area (Å²) in [5, 5.41) is 19.4. The topological polar surface area (TPSA) is 155 Å². The molecule has 3 N–H and O–H groups in total. The fraction of sp³-hybridized carbons (Fsp3) is 0.0714. The van der Waals surface area contributed by atoms with Crippen LogP contribution in [0.25, 0.3) is 12.2 Å². The molecule has 0 amide bonds. The summed E-state index contributed by atoms with van der Waals surface area (Å²) in [6, 6.07) is 6.17. The molecule has 2 aromatic rings. The van der Waals surface area contributed by atoms with E-state index in [0.717, 1.165) is 0 Å². The van der Waals surface area contributed by atoms with Gasteiger partial charge in [0.1, 0.15) is 11.4 Å². The number of H-pyrrole nitrogens is 2. The molecule has 0 spiro atoms. The first-order chi connectivity index (χ1) is 11.4. The standard InChI is InChI=1S/C14H11N3O7/c18-11(19)7-24-9-4-1-8(2-5-9)3-6-10-12(17(22)23)13(20)16-14(21)15-10/h1-6H,7H2,(H,18,19)(H2,15,16,20,21). The summed E-state index contributed by atoms with van der Waals surface area (Å²) in [6.07, 6.45) is 2.67. The van der Waals surface area contributed by atoms with Crippen molar-refractivity contribution >= 4 is 23.8 Å². The number of ether oxygens (including phenoxy) is 1. The highest BCUT2D eigenvalue weighted by Crippen LogP contribution is 2.16. The Labute approximate surface area is 133 Å². The molecule has 0 radical (unpaired) electrons. The van der Waals surface area contributed by atoms with E-state index in [4.69, 9.17) is 9.84 Å². The average Bonchev–Trinajstić information content (AvgIpc) is 2.50. The average molecular weight is 333 g/mol. The lowest BCUT2D eigenvalue weighted by atomic mass is 10.2. The highest BCUT2D eigenvalue weighted by molar-refractivity contribution is 5.72. The lowest BCUT2D eigenvalue weighted by Gasteiger charge is -2.02. The lowest BCUT2D eigenvalue weighted by Crippen LogP contribution is -2.25. The van der Waals surface area contributed by atoms with Gasteiger partial charge in [-0.2, -0.15) is 0 Å². The van der Waals surface area contributed by atoms with E-state index in [1.165, 1.54) is 24.3 Å². The van der Waals surface area contributed by atoms with Crippen molar-refractivity contribution < 1.29 is 19.6 Å². The van der Waals surface area contributed by atoms with Crippen LogP contribution in [0.15, 0.2) is 33.9 Å². The number of benzene rings is 1. The third-order valence-corrected chi connectivity index (χ3v) is 2.81. The van der Waals surface area contributed by atoms with E-state index in [1.807, 2.05) is 0 Å². The van der Waals surface area contributed by atoms with Gasteiger partial charge in [-0.05, 0) is 23.8 Å². The van der Waals surface area contributed by atoms with Gasteiger partial charge in [0, 0.05) is 0 Å². The van der Waals surface area contributed by atoms with Crippen molar-refractivity contribution in [3.05, 3.63) is 66.5 Å². The van der Waals surface area contributed by atoms with Crippen molar-refractivity contribution in [2.75, 3.05) is 6.61 Å². The van der Waals surface area contributed by atoms with Crippen LogP contribution in [0, 0.1) is 10.1 Å². The zero-order valence-corrected chi connectivity index (χ0v) is 12.0. The number of carbonyl (C=O) groups is 1. The van der Waals surface area contributed by atoms with Crippen LogP contribution in [0.1, 0.15) is 11.3 Å². The molecule has 124 valence electrons. The first-order valence-electron chi connectivity index (χ1n) is 6.50. The second kappa shape index (κ2) is 7.05. The third kappa shape index (κ3) is 4.16. The maximum atomic E-state index is 11.5. The van der Waals surface area contributed by atoms with Crippen LogP contribution in [-0.2, 0) is 4.79 Å². The molecule has 1 heterocycles. The van der Waals surface area contributed by atoms with Crippen LogP contribution in [0.2, 0.25) is 0 Å². The van der Waals surface area contributed by atoms with Gasteiger partial charge in [-0.15, -0.1) is 0 Å². The van der Waals surface area contributed by atoms with Crippen LogP contribution in [0.4, 0.5) is 5.69 Å². The predicted octanol–water partition coefficient (Wildman–Crippen LogP) is 0.605. The zero-order valence-electron chi connectivity index (χ0n) is 12.0. The normalized spacial score (nSPS) is 10.7. The first kappa shape index (κ1) is 16.7. The molecule has 0 saturated heterocycles. The van der Waals surface area contributed by atoms with E-state index >= 15 is 0 Å². The summed E-state index contributed by atoms with van der Waals surface area (Å²) in [6.45, 7) is -0.477. The Hall–Kier alpha value is -3.69. The molecule has 10 nitrogen and oxygen atoms in total. The number of carboxylic acids is 1. The fourth-order valence-corrected chi connectivity index (χ4v) is 1.80. The number of hydrogen-bond donors (Lipinski definition) is 3. The van der Waals surface area contributed by atoms with Gasteiger partial charge in [0.15, 0.2) is 6.61 Å². The van der Waals surface area contributed by atoms with Crippen molar-refractivity contribution in [3.63, 3.8) is 0 Å². The van der Waals surface area contributed by atoms with Crippen LogP contribution in [0.3, 0.4) is 0 Å². The van der Waals surface area contributed by atoms with Gasteiger partial charge < -0.3 is 14.8 Å². The molecule has 0 bridgehead atoms. The number of aromatic nitrogens is 2. The number of hydrogen-bond acceptors (Lipinski definition) is 6. The minimum absolute atomic E-state index is 0.236. The quantitative estimate of drug-likeness (QED) is 0.516. The summed E-state index contributed by atoms with van der Waals surface area (Å²) in [4.78, 5) is 47.1. The van der Waals surface area contributed by atoms with Crippen LogP contribution in [0.5, 0.6) is 5.75 Å². The highest BCUT2D eigenvalue weighted by atomic mass is 16.6. The molecule has 0 aliphatic heterocycles. The SMILES string of the molecule is O=C(O)COc1ccc(C=Cc2[nH]c(=O)[nH]c(=O)c2[N+](=O)[O-])cc1. The molecule has 24 heavy (non-hydrogen) atoms. The van der Waals surface area contributed by atoms with Gasteiger partial charge in [0.25, 0.3) is 0 Å². The Morgan fingerprint density at radius 1 is 1.21 bits per heavy atom. The van der Waals surface area contributed by atoms with Crippen molar-refractivity contribution in [1.82, 2.24) is 9.97 Å². The van der Waals surface area contributed by atoms with Crippen LogP contribution >= 0.6 is 0 Å². The fourth-order valence-electron chi connectivity index (χ4n) is 1.80. The van der Waals surface area contributed by atoms with E-state index in [0.29, 0.717) is 11.3 Å². The summed E-state index contributed by atoms with van der Waals surface area (Å²) in [7, 11) is 0. The molecule has 2 rings (SSSR count). The summed E-state index contributed by atoms with van der Waals surface area (Å²) >= 11 is 0. The third-order valence-electron chi connectivity index (χ3n) is 2.81. The molecule has 0 aliphatic carbocycles. The van der Waals surface area contributed by atoms with Gasteiger partial charge in [0.2, 0.25) is 0 Å². The molecule has 0 aliphatic rings. The first-order valence-corrected chi connectivity index (χ1v) is 6.50. The molecule has 0 saturated carbocycles. The zero-order chi connectivity index (χ0) is 17.7. The van der Waals surface area contributed by atoms with E-state index in [1.54, 1.807) is 17.1 Å². The predicted molar refractivity (Wildman–Crippen MR) is 82.8 cm³/mol. The second-order valence-corrected chi connectivity index (χ2v) is 4.51. The number of nitro groups is 1. The lowest BCUT2D eigenvalue weighted by molar-refractivity contribution is -0.386. The number of rotatable bonds is 6. The van der Waals surface area contributed by atoms with E-state index in [-0.39, 0.29) is 5.69 Å². The van der Waals surface area contributed by atoms with Crippen molar-refractivity contribution in [2.45, 2.75) is 0 Å². The molecule has 0 unspecified atom stereocenters. The molecular weight excluding hydrogens is 322 g/mol. The Balaban J connectivity index is 2.25. The minimum atomic E-state index is -1.11. The molecule has 0 atom stereocenters. The largest absolute Gasteiger partial charge is 0.482 e. The number of aromatic amines is 2. The van der Waals surface area contributed by atoms with Crippen molar-refractivity contribution in [2.24, 2.45) is 0 Å². The van der Waals surface area contributed by atoms with Gasteiger partial charge >= 0.3 is 22.9 Å². The number of nitrogens with one attached hydrogen (secondary N) is 2. The van der Waals surface area contributed by atoms with E-state index < -0.39 is 34.4 Å². The maximum absolute atomic E-state index is 11.5. The summed E-state index contributed by atoms with van der Waals surface area (Å²) in [5.41, 5.74) is -2.37. The Kier molecular flexibility index (Phi) is 4.90. The Morgan fingerprint density at radius 2 is 1.88 bits per heavy atom. The molecule has 1 aromatic heterocycles. The number of carboxylic acid groups (broad SMARTS) is 1. The molecular formula is C14H11N3O7. The smallest absolute Gasteiger partial charge is 0.357 e. The maximum Gasteiger partial charge on any atom is 0.357 e. The van der Waals surface area contributed by atoms with Crippen LogP contribution in [-0.4, -0.2) is 32.6 Å². The van der Waals surface area contributed by atoms with E-state index in [2.05, 4.69) is 4.98 Å². The van der Waals surface area contributed by atoms with Gasteiger partial charge in [0.05, 0.1) is 4.92 Å². The highest BCUT2D eigenvalue weighted by Gasteiger charge is 2.18. The van der Waals surface area contributed by atoms with Gasteiger partial charge in [-0.25, -0.2) is 9.59 Å². The van der Waals surface area contributed by atoms with Crippen molar-refractivity contribution in [1.29, 1.82) is 0 Å². The summed E-state index contributed by atoms with van der Waals surface area (Å²) in [5.74, 6) is -0.769. The van der Waals surface area contributed by atoms with Gasteiger partial charge in [-0.1, -0.05) is 18.2 Å². The monoisotopic (exact) mass is 333 g/mol. The molecule has 0 fully saturated rings. The Morgan fingerprint density at radius 3 is 2.46 bits per heavy atom. The van der Waals surface area contributed by atoms with Crippen molar-refractivity contribution in [3.8, 4) is 5.75 Å². The van der Waals surface area contributed by atoms with Gasteiger partial charge in [-0.3, -0.25) is 19.9 Å².